The molecule has 5 nitrogen and oxygen atoms in total. The monoisotopic (exact) mass is 215 g/mol. The van der Waals surface area contributed by atoms with E-state index in [1.165, 1.54) is 18.2 Å². The molecule has 0 spiro atoms. The summed E-state index contributed by atoms with van der Waals surface area (Å²) in [6.07, 6.45) is 0. The quantitative estimate of drug-likeness (QED) is 0.629. The van der Waals surface area contributed by atoms with Crippen LogP contribution in [0.1, 0.15) is 21.0 Å². The first-order valence-corrected chi connectivity index (χ1v) is 3.05. The molecular weight excluding hydrogens is 208 g/mol. The van der Waals surface area contributed by atoms with Crippen molar-refractivity contribution in [1.29, 1.82) is 0 Å². The van der Waals surface area contributed by atoms with Gasteiger partial charge in [-0.05, 0) is 12.1 Å². The molecule has 0 aliphatic rings. The van der Waals surface area contributed by atoms with Crippen LogP contribution in [0.25, 0.3) is 0 Å². The zero-order valence-corrected chi connectivity index (χ0v) is 5.89. The van der Waals surface area contributed by atoms with Crippen molar-refractivity contribution in [3.8, 4) is 0 Å². The molecule has 0 amide bonds. The van der Waals surface area contributed by atoms with Crippen LogP contribution in [0.15, 0.2) is 18.2 Å². The number of pyridine rings is 1. The van der Waals surface area contributed by atoms with E-state index in [4.69, 9.17) is 10.2 Å². The molecule has 0 aliphatic carbocycles. The number of nitrogens with zero attached hydrogens (tertiary/aromatic N) is 1. The predicted octanol–water partition coefficient (Wildman–Crippen LogP) is -0.819. The second kappa shape index (κ2) is 7.39. The third-order valence-electron chi connectivity index (χ3n) is 1.19. The summed E-state index contributed by atoms with van der Waals surface area (Å²) in [5, 5.41) is 16.9. The van der Waals surface area contributed by atoms with Gasteiger partial charge in [-0.15, -0.1) is 0 Å². The van der Waals surface area contributed by atoms with Gasteiger partial charge in [0.05, 0.1) is 0 Å². The Hall–Kier alpha value is 0.0900. The Bertz CT molecular complexity index is 313. The fraction of sp³-hybridized carbons (Fsp3) is 0. The molecule has 0 aromatic carbocycles. The number of aromatic carboxylic acids is 2. The average molecular weight is 215 g/mol. The van der Waals surface area contributed by atoms with Crippen molar-refractivity contribution < 1.29 is 19.8 Å². The Kier molecular flexibility index (Phi) is 8.72. The third-order valence-corrected chi connectivity index (χ3v) is 1.19. The number of rotatable bonds is 2. The first-order valence-electron chi connectivity index (χ1n) is 3.05. The van der Waals surface area contributed by atoms with Crippen LogP contribution in [-0.4, -0.2) is 86.3 Å². The molecule has 0 atom stereocenters. The van der Waals surface area contributed by atoms with E-state index < -0.39 is 11.9 Å². The molecule has 0 radical (unpaired) electrons. The van der Waals surface area contributed by atoms with E-state index in [2.05, 4.69) is 4.98 Å². The van der Waals surface area contributed by atoms with Gasteiger partial charge in [0.1, 0.15) is 11.4 Å². The fourth-order valence-electron chi connectivity index (χ4n) is 0.673. The second-order valence-electron chi connectivity index (χ2n) is 2.02. The first kappa shape index (κ1) is 16.5. The van der Waals surface area contributed by atoms with Crippen LogP contribution in [0.5, 0.6) is 0 Å². The number of hydrogen-bond donors (Lipinski definition) is 2. The number of carbonyl (C=O) groups is 2. The summed E-state index contributed by atoms with van der Waals surface area (Å²) in [7, 11) is 0. The second-order valence-corrected chi connectivity index (χ2v) is 2.02. The van der Waals surface area contributed by atoms with Crippen molar-refractivity contribution >= 4 is 71.1 Å². The van der Waals surface area contributed by atoms with Crippen molar-refractivity contribution in [2.45, 2.75) is 0 Å². The van der Waals surface area contributed by atoms with E-state index in [9.17, 15) is 9.59 Å². The van der Waals surface area contributed by atoms with Gasteiger partial charge in [0, 0.05) is 0 Å². The SMILES string of the molecule is O=C(O)c1cccc(C(=O)O)n1.[NaH].[NaH]. The van der Waals surface area contributed by atoms with Gasteiger partial charge in [-0.1, -0.05) is 6.07 Å². The Labute approximate surface area is 124 Å². The molecule has 0 fully saturated rings. The Morgan fingerprint density at radius 2 is 1.36 bits per heavy atom. The van der Waals surface area contributed by atoms with Crippen LogP contribution in [0.4, 0.5) is 0 Å². The summed E-state index contributed by atoms with van der Waals surface area (Å²) in [6, 6.07) is 3.80. The molecule has 0 aliphatic heterocycles. The molecular formula is C7H7NNa2O4. The molecule has 2 N–H and O–H groups in total. The van der Waals surface area contributed by atoms with Gasteiger partial charge in [-0.25, -0.2) is 14.6 Å². The van der Waals surface area contributed by atoms with Crippen LogP contribution in [-0.2, 0) is 0 Å². The topological polar surface area (TPSA) is 87.5 Å². The molecule has 1 aromatic rings. The Balaban J connectivity index is 0. The average Bonchev–Trinajstić information content (AvgIpc) is 2.04. The van der Waals surface area contributed by atoms with Crippen molar-refractivity contribution in [1.82, 2.24) is 4.98 Å². The van der Waals surface area contributed by atoms with Crippen LogP contribution >= 0.6 is 0 Å². The van der Waals surface area contributed by atoms with Crippen molar-refractivity contribution in [2.24, 2.45) is 0 Å². The molecule has 1 heterocycles. The Morgan fingerprint density at radius 3 is 1.64 bits per heavy atom. The molecule has 1 aromatic heterocycles. The minimum absolute atomic E-state index is 0. The van der Waals surface area contributed by atoms with Crippen LogP contribution in [0, 0.1) is 0 Å². The van der Waals surface area contributed by atoms with Gasteiger partial charge in [0.25, 0.3) is 0 Å². The van der Waals surface area contributed by atoms with E-state index >= 15 is 0 Å². The fourth-order valence-corrected chi connectivity index (χ4v) is 0.673. The number of aromatic nitrogens is 1. The van der Waals surface area contributed by atoms with E-state index in [1.807, 2.05) is 0 Å². The standard InChI is InChI=1S/C7H5NO4.2Na.2H/c9-6(10)4-2-1-3-5(8-4)7(11)12;;;;/h1-3H,(H,9,10)(H,11,12);;;;. The predicted molar refractivity (Wildman–Crippen MR) is 52.5 cm³/mol. The van der Waals surface area contributed by atoms with Gasteiger partial charge < -0.3 is 10.2 Å². The maximum absolute atomic E-state index is 10.3. The van der Waals surface area contributed by atoms with Crippen molar-refractivity contribution in [2.75, 3.05) is 0 Å². The summed E-state index contributed by atoms with van der Waals surface area (Å²) in [6.45, 7) is 0. The van der Waals surface area contributed by atoms with Gasteiger partial charge in [0.2, 0.25) is 0 Å². The summed E-state index contributed by atoms with van der Waals surface area (Å²) >= 11 is 0. The van der Waals surface area contributed by atoms with E-state index in [0.29, 0.717) is 0 Å². The van der Waals surface area contributed by atoms with E-state index in [0.717, 1.165) is 0 Å². The molecule has 0 bridgehead atoms. The number of carboxylic acid groups (broad SMARTS) is 2. The number of carboxylic acids is 2. The summed E-state index contributed by atoms with van der Waals surface area (Å²) in [5.41, 5.74) is -0.537. The normalized spacial score (nSPS) is 8.00. The zero-order valence-electron chi connectivity index (χ0n) is 5.89. The number of hydrogen-bond acceptors (Lipinski definition) is 3. The van der Waals surface area contributed by atoms with E-state index in [1.54, 1.807) is 0 Å². The summed E-state index contributed by atoms with van der Waals surface area (Å²) in [4.78, 5) is 24.0. The Morgan fingerprint density at radius 1 is 1.00 bits per heavy atom. The molecule has 0 unspecified atom stereocenters. The molecule has 1 rings (SSSR count). The summed E-state index contributed by atoms with van der Waals surface area (Å²) < 4.78 is 0. The van der Waals surface area contributed by atoms with Gasteiger partial charge in [-0.3, -0.25) is 0 Å². The van der Waals surface area contributed by atoms with Crippen LogP contribution < -0.4 is 0 Å². The molecule has 0 saturated heterocycles. The summed E-state index contributed by atoms with van der Waals surface area (Å²) in [5.74, 6) is -2.48. The van der Waals surface area contributed by atoms with Crippen molar-refractivity contribution in [3.05, 3.63) is 29.6 Å². The van der Waals surface area contributed by atoms with Gasteiger partial charge in [0.15, 0.2) is 0 Å². The van der Waals surface area contributed by atoms with Crippen LogP contribution in [0.3, 0.4) is 0 Å². The molecule has 66 valence electrons. The van der Waals surface area contributed by atoms with Gasteiger partial charge >= 0.3 is 71.1 Å². The molecule has 14 heavy (non-hydrogen) atoms. The van der Waals surface area contributed by atoms with Gasteiger partial charge in [-0.2, -0.15) is 0 Å². The third kappa shape index (κ3) is 4.54. The first-order chi connectivity index (χ1) is 5.61. The van der Waals surface area contributed by atoms with E-state index in [-0.39, 0.29) is 70.5 Å². The molecule has 0 saturated carbocycles. The minimum atomic E-state index is -1.24. The zero-order chi connectivity index (χ0) is 9.14. The maximum atomic E-state index is 10.3. The van der Waals surface area contributed by atoms with Crippen molar-refractivity contribution in [3.63, 3.8) is 0 Å². The van der Waals surface area contributed by atoms with Crippen LogP contribution in [0.2, 0.25) is 0 Å². The molecule has 7 heteroatoms.